The topological polar surface area (TPSA) is 65.8 Å². The molecule has 2 unspecified atom stereocenters. The summed E-state index contributed by atoms with van der Waals surface area (Å²) in [6, 6.07) is 1.32. The summed E-state index contributed by atoms with van der Waals surface area (Å²) in [5, 5.41) is 9.43. The Hall–Kier alpha value is -2.48. The number of aryl methyl sites for hydroxylation is 1. The van der Waals surface area contributed by atoms with Gasteiger partial charge in [0.2, 0.25) is 5.43 Å². The third-order valence-corrected chi connectivity index (χ3v) is 6.40. The number of aromatic nitrogens is 1. The van der Waals surface area contributed by atoms with Crippen molar-refractivity contribution in [1.82, 2.24) is 9.47 Å². The molecule has 0 spiro atoms. The highest BCUT2D eigenvalue weighted by atomic mass is 19.1. The number of hydrogen-bond donors (Lipinski definition) is 1. The van der Waals surface area contributed by atoms with Crippen LogP contribution in [-0.4, -0.2) is 58.9 Å². The van der Waals surface area contributed by atoms with Gasteiger partial charge in [-0.1, -0.05) is 0 Å². The van der Waals surface area contributed by atoms with E-state index in [1.165, 1.54) is 17.7 Å². The molecule has 0 radical (unpaired) electrons. The Labute approximate surface area is 160 Å². The maximum atomic E-state index is 15.4. The Morgan fingerprint density at radius 3 is 2.71 bits per heavy atom. The molecule has 3 aliphatic rings. The van der Waals surface area contributed by atoms with Crippen LogP contribution in [0.2, 0.25) is 0 Å². The van der Waals surface area contributed by atoms with Crippen molar-refractivity contribution in [3.63, 3.8) is 0 Å². The van der Waals surface area contributed by atoms with Crippen LogP contribution in [0.3, 0.4) is 0 Å². The molecule has 0 amide bonds. The number of halogens is 2. The zero-order valence-corrected chi connectivity index (χ0v) is 15.5. The van der Waals surface area contributed by atoms with E-state index in [4.69, 9.17) is 0 Å². The molecule has 6 nitrogen and oxygen atoms in total. The van der Waals surface area contributed by atoms with Crippen LogP contribution in [0.5, 0.6) is 0 Å². The second-order valence-electron chi connectivity index (χ2n) is 8.07. The number of anilines is 1. The third kappa shape index (κ3) is 2.47. The Balaban J connectivity index is 1.76. The highest BCUT2D eigenvalue weighted by molar-refractivity contribution is 5.95. The molecule has 2 aromatic rings. The highest BCUT2D eigenvalue weighted by Gasteiger charge is 2.41. The lowest BCUT2D eigenvalue weighted by Gasteiger charge is -2.36. The first-order valence-corrected chi connectivity index (χ1v) is 9.61. The summed E-state index contributed by atoms with van der Waals surface area (Å²) in [4.78, 5) is 28.7. The van der Waals surface area contributed by atoms with Crippen LogP contribution in [0.25, 0.3) is 10.9 Å². The largest absolute Gasteiger partial charge is 0.477 e. The minimum atomic E-state index is -1.39. The fourth-order valence-corrected chi connectivity index (χ4v) is 4.75. The molecule has 3 fully saturated rings. The average molecular weight is 389 g/mol. The highest BCUT2D eigenvalue weighted by Crippen LogP contribution is 2.42. The minimum absolute atomic E-state index is 0.0327. The van der Waals surface area contributed by atoms with E-state index in [0.29, 0.717) is 17.7 Å². The molecule has 28 heavy (non-hydrogen) atoms. The minimum Gasteiger partial charge on any atom is -0.477 e. The second-order valence-corrected chi connectivity index (χ2v) is 8.07. The standard InChI is InChI=1S/C20H21F2N3O3/c1-10-17-15(25(14-6-13(14)21)9-12(19(17)26)20(27)28)7-16(18(10)22)24-5-4-23-3-2-11(24)8-23/h7,9,11,13-14H,2-6,8H2,1H3,(H,27,28)/t11?,13-,14-/m1/s1. The summed E-state index contributed by atoms with van der Waals surface area (Å²) in [6.07, 6.45) is 1.35. The maximum absolute atomic E-state index is 15.4. The molecule has 148 valence electrons. The van der Waals surface area contributed by atoms with Crippen LogP contribution in [0.15, 0.2) is 17.1 Å². The van der Waals surface area contributed by atoms with Gasteiger partial charge in [0.05, 0.1) is 22.6 Å². The van der Waals surface area contributed by atoms with Crippen molar-refractivity contribution in [3.8, 4) is 0 Å². The van der Waals surface area contributed by atoms with Gasteiger partial charge in [0, 0.05) is 50.4 Å². The molecule has 8 heteroatoms. The molecular formula is C20H21F2N3O3. The Kier molecular flexibility index (Phi) is 3.78. The summed E-state index contributed by atoms with van der Waals surface area (Å²) in [5.41, 5.74) is -0.209. The molecule has 1 aromatic carbocycles. The first-order chi connectivity index (χ1) is 13.4. The molecule has 1 aromatic heterocycles. The van der Waals surface area contributed by atoms with Gasteiger partial charge in [0.15, 0.2) is 0 Å². The van der Waals surface area contributed by atoms with E-state index >= 15 is 4.39 Å². The number of fused-ring (bicyclic) bond motifs is 3. The summed E-state index contributed by atoms with van der Waals surface area (Å²) in [7, 11) is 0. The van der Waals surface area contributed by atoms with Gasteiger partial charge in [-0.05, 0) is 19.4 Å². The molecule has 1 N–H and O–H groups in total. The second kappa shape index (κ2) is 6.01. The smallest absolute Gasteiger partial charge is 0.341 e. The number of nitrogens with zero attached hydrogens (tertiary/aromatic N) is 3. The summed E-state index contributed by atoms with van der Waals surface area (Å²) >= 11 is 0. The lowest BCUT2D eigenvalue weighted by Crippen LogP contribution is -2.47. The molecule has 1 saturated carbocycles. The lowest BCUT2D eigenvalue weighted by molar-refractivity contribution is 0.0694. The first-order valence-electron chi connectivity index (χ1n) is 9.61. The van der Waals surface area contributed by atoms with Crippen LogP contribution >= 0.6 is 0 Å². The normalized spacial score (nSPS) is 28.8. The number of rotatable bonds is 3. The molecule has 1 aliphatic carbocycles. The van der Waals surface area contributed by atoms with Crippen molar-refractivity contribution in [3.05, 3.63) is 39.4 Å². The van der Waals surface area contributed by atoms with Crippen molar-refractivity contribution < 1.29 is 18.7 Å². The van der Waals surface area contributed by atoms with E-state index in [0.717, 1.165) is 26.1 Å². The Morgan fingerprint density at radius 2 is 2.04 bits per heavy atom. The predicted molar refractivity (Wildman–Crippen MR) is 101 cm³/mol. The van der Waals surface area contributed by atoms with Crippen LogP contribution in [0, 0.1) is 12.7 Å². The maximum Gasteiger partial charge on any atom is 0.341 e. The van der Waals surface area contributed by atoms with Gasteiger partial charge in [0.1, 0.15) is 17.6 Å². The molecule has 2 aliphatic heterocycles. The number of carboxylic acids is 1. The van der Waals surface area contributed by atoms with Gasteiger partial charge < -0.3 is 14.6 Å². The molecular weight excluding hydrogens is 368 g/mol. The van der Waals surface area contributed by atoms with Crippen LogP contribution < -0.4 is 10.3 Å². The number of carbonyl (C=O) groups is 1. The van der Waals surface area contributed by atoms with E-state index < -0.39 is 35.0 Å². The summed E-state index contributed by atoms with van der Waals surface area (Å²) in [5.74, 6) is -1.88. The number of pyridine rings is 1. The van der Waals surface area contributed by atoms with Crippen molar-refractivity contribution in [2.24, 2.45) is 0 Å². The fourth-order valence-electron chi connectivity index (χ4n) is 4.75. The van der Waals surface area contributed by atoms with Crippen molar-refractivity contribution in [2.75, 3.05) is 31.1 Å². The molecule has 2 bridgehead atoms. The van der Waals surface area contributed by atoms with E-state index in [1.54, 1.807) is 6.07 Å². The molecule has 2 saturated heterocycles. The van der Waals surface area contributed by atoms with Gasteiger partial charge in [-0.3, -0.25) is 9.69 Å². The van der Waals surface area contributed by atoms with Crippen molar-refractivity contribution in [2.45, 2.75) is 38.0 Å². The van der Waals surface area contributed by atoms with Gasteiger partial charge in [-0.2, -0.15) is 0 Å². The number of aromatic carboxylic acids is 1. The Morgan fingerprint density at radius 1 is 1.29 bits per heavy atom. The monoisotopic (exact) mass is 389 g/mol. The molecule has 5 rings (SSSR count). The number of benzene rings is 1. The van der Waals surface area contributed by atoms with Crippen LogP contribution in [0.1, 0.15) is 34.8 Å². The van der Waals surface area contributed by atoms with E-state index in [1.807, 2.05) is 4.90 Å². The van der Waals surface area contributed by atoms with Crippen molar-refractivity contribution >= 4 is 22.6 Å². The van der Waals surface area contributed by atoms with Gasteiger partial charge in [-0.15, -0.1) is 0 Å². The van der Waals surface area contributed by atoms with E-state index in [-0.39, 0.29) is 23.4 Å². The lowest BCUT2D eigenvalue weighted by atomic mass is 10.0. The third-order valence-electron chi connectivity index (χ3n) is 6.40. The SMILES string of the molecule is Cc1c(F)c(N2CCN3CCC2C3)cc2c1c(=O)c(C(=O)O)cn2[C@@H]1C[C@H]1F. The zero-order valence-electron chi connectivity index (χ0n) is 15.5. The van der Waals surface area contributed by atoms with Crippen LogP contribution in [-0.2, 0) is 0 Å². The van der Waals surface area contributed by atoms with Crippen molar-refractivity contribution in [1.29, 1.82) is 0 Å². The summed E-state index contributed by atoms with van der Waals surface area (Å²) < 4.78 is 30.7. The van der Waals surface area contributed by atoms with Gasteiger partial charge in [0.25, 0.3) is 0 Å². The number of alkyl halides is 1. The summed E-state index contributed by atoms with van der Waals surface area (Å²) in [6.45, 7) is 4.93. The molecule has 4 atom stereocenters. The van der Waals surface area contributed by atoms with Gasteiger partial charge in [-0.25, -0.2) is 13.6 Å². The number of piperazine rings is 1. The fraction of sp³-hybridized carbons (Fsp3) is 0.500. The quantitative estimate of drug-likeness (QED) is 0.873. The van der Waals surface area contributed by atoms with Gasteiger partial charge >= 0.3 is 5.97 Å². The predicted octanol–water partition coefficient (Wildman–Crippen LogP) is 2.32. The Bertz CT molecular complexity index is 1070. The van der Waals surface area contributed by atoms with E-state index in [9.17, 15) is 19.1 Å². The average Bonchev–Trinajstić information content (AvgIpc) is 3.27. The van der Waals surface area contributed by atoms with E-state index in [2.05, 4.69) is 4.90 Å². The van der Waals surface area contributed by atoms with Crippen LogP contribution in [0.4, 0.5) is 14.5 Å². The number of carboxylic acid groups (broad SMARTS) is 1. The zero-order chi connectivity index (χ0) is 19.7. The molecule has 3 heterocycles. The number of hydrogen-bond acceptors (Lipinski definition) is 4. The first kappa shape index (κ1) is 17.6.